The second kappa shape index (κ2) is 8.71. The third-order valence-corrected chi connectivity index (χ3v) is 4.76. The first-order valence-electron chi connectivity index (χ1n) is 9.65. The van der Waals surface area contributed by atoms with Crippen molar-refractivity contribution < 1.29 is 9.18 Å². The molecule has 0 fully saturated rings. The number of rotatable bonds is 5. The van der Waals surface area contributed by atoms with Gasteiger partial charge in [0.05, 0.1) is 17.3 Å². The molecule has 1 amide bonds. The Morgan fingerprint density at radius 3 is 2.42 bits per heavy atom. The molecule has 3 aromatic carbocycles. The summed E-state index contributed by atoms with van der Waals surface area (Å²) >= 11 is 0. The topological polar surface area (TPSA) is 76.3 Å². The van der Waals surface area contributed by atoms with E-state index < -0.39 is 5.91 Å². The quantitative estimate of drug-likeness (QED) is 0.400. The Morgan fingerprint density at radius 1 is 1.03 bits per heavy atom. The second-order valence-electron chi connectivity index (χ2n) is 7.07. The van der Waals surface area contributed by atoms with Crippen molar-refractivity contribution in [1.29, 1.82) is 0 Å². The largest absolute Gasteiger partial charge is 0.275 e. The number of nitrogens with zero attached hydrogens (tertiary/aromatic N) is 3. The van der Waals surface area contributed by atoms with Crippen molar-refractivity contribution in [2.45, 2.75) is 13.5 Å². The number of nitrogens with one attached hydrogen (secondary N) is 1. The molecule has 0 atom stereocenters. The van der Waals surface area contributed by atoms with Gasteiger partial charge in [0.1, 0.15) is 12.4 Å². The number of fused-ring (bicyclic) bond motifs is 1. The van der Waals surface area contributed by atoms with Gasteiger partial charge in [-0.25, -0.2) is 14.5 Å². The maximum Gasteiger partial charge on any atom is 0.275 e. The number of hydrogen-bond donors (Lipinski definition) is 1. The zero-order valence-electron chi connectivity index (χ0n) is 16.7. The van der Waals surface area contributed by atoms with Crippen LogP contribution in [0, 0.1) is 12.7 Å². The lowest BCUT2D eigenvalue weighted by Gasteiger charge is -2.10. The molecule has 4 aromatic rings. The van der Waals surface area contributed by atoms with Gasteiger partial charge in [-0.05, 0) is 42.8 Å². The Kier molecular flexibility index (Phi) is 5.66. The van der Waals surface area contributed by atoms with Crippen molar-refractivity contribution in [1.82, 2.24) is 15.2 Å². The molecule has 0 aliphatic rings. The maximum atomic E-state index is 13.4. The van der Waals surface area contributed by atoms with Crippen LogP contribution in [0.4, 0.5) is 4.39 Å². The van der Waals surface area contributed by atoms with Crippen molar-refractivity contribution in [2.24, 2.45) is 5.10 Å². The lowest BCUT2D eigenvalue weighted by atomic mass is 10.1. The number of amides is 1. The van der Waals surface area contributed by atoms with E-state index in [9.17, 15) is 14.0 Å². The van der Waals surface area contributed by atoms with Gasteiger partial charge < -0.3 is 0 Å². The molecule has 1 aromatic heterocycles. The van der Waals surface area contributed by atoms with E-state index in [1.807, 2.05) is 31.2 Å². The Bertz CT molecular complexity index is 1330. The zero-order valence-corrected chi connectivity index (χ0v) is 16.7. The number of hydrogen-bond acceptors (Lipinski definition) is 4. The van der Waals surface area contributed by atoms with Crippen LogP contribution in [0.25, 0.3) is 22.0 Å². The fraction of sp³-hybridized carbons (Fsp3) is 0.0833. The highest BCUT2D eigenvalue weighted by Crippen LogP contribution is 2.24. The highest BCUT2D eigenvalue weighted by molar-refractivity contribution is 5.94. The normalized spacial score (nSPS) is 11.2. The minimum atomic E-state index is -0.488. The van der Waals surface area contributed by atoms with Gasteiger partial charge in [-0.2, -0.15) is 10.2 Å². The van der Waals surface area contributed by atoms with Crippen LogP contribution < -0.4 is 11.0 Å². The highest BCUT2D eigenvalue weighted by Gasteiger charge is 2.14. The predicted molar refractivity (Wildman–Crippen MR) is 118 cm³/mol. The maximum absolute atomic E-state index is 13.4. The molecule has 0 saturated heterocycles. The number of aryl methyl sites for hydroxylation is 1. The third kappa shape index (κ3) is 4.56. The number of carbonyl (C=O) groups is 1. The molecule has 1 N–H and O–H groups in total. The van der Waals surface area contributed by atoms with Gasteiger partial charge in [0.2, 0.25) is 0 Å². The highest BCUT2D eigenvalue weighted by atomic mass is 19.1. The summed E-state index contributed by atoms with van der Waals surface area (Å²) in [5.74, 6) is -0.856. The van der Waals surface area contributed by atoms with Gasteiger partial charge in [-0.3, -0.25) is 9.59 Å². The monoisotopic (exact) mass is 414 g/mol. The van der Waals surface area contributed by atoms with E-state index in [0.717, 1.165) is 15.8 Å². The molecule has 7 heteroatoms. The van der Waals surface area contributed by atoms with E-state index in [2.05, 4.69) is 15.6 Å². The molecular formula is C24H19FN4O2. The molecule has 1 heterocycles. The predicted octanol–water partition coefficient (Wildman–Crippen LogP) is 3.66. The number of aromatic nitrogens is 2. The lowest BCUT2D eigenvalue weighted by molar-refractivity contribution is -0.121. The molecule has 0 unspecified atom stereocenters. The van der Waals surface area contributed by atoms with E-state index in [1.54, 1.807) is 36.4 Å². The summed E-state index contributed by atoms with van der Waals surface area (Å²) in [7, 11) is 0. The first-order valence-corrected chi connectivity index (χ1v) is 9.65. The zero-order chi connectivity index (χ0) is 21.8. The molecule has 0 spiro atoms. The molecule has 0 saturated carbocycles. The minimum absolute atomic E-state index is 0.302. The van der Waals surface area contributed by atoms with Gasteiger partial charge in [-0.15, -0.1) is 0 Å². The second-order valence-corrected chi connectivity index (χ2v) is 7.07. The molecule has 4 rings (SSSR count). The average molecular weight is 414 g/mol. The summed E-state index contributed by atoms with van der Waals surface area (Å²) in [6.45, 7) is 1.68. The van der Waals surface area contributed by atoms with Gasteiger partial charge in [0, 0.05) is 10.9 Å². The molecular weight excluding hydrogens is 395 g/mol. The van der Waals surface area contributed by atoms with E-state index in [4.69, 9.17) is 0 Å². The van der Waals surface area contributed by atoms with Crippen LogP contribution in [0.5, 0.6) is 0 Å². The Balaban J connectivity index is 1.62. The van der Waals surface area contributed by atoms with Crippen LogP contribution in [0.3, 0.4) is 0 Å². The molecule has 6 nitrogen and oxygen atoms in total. The van der Waals surface area contributed by atoms with E-state index in [1.165, 1.54) is 18.3 Å². The molecule has 31 heavy (non-hydrogen) atoms. The smallest absolute Gasteiger partial charge is 0.271 e. The first kappa shape index (κ1) is 20.2. The molecule has 0 bridgehead atoms. The molecule has 0 radical (unpaired) electrons. The number of benzene rings is 3. The van der Waals surface area contributed by atoms with Crippen molar-refractivity contribution >= 4 is 22.9 Å². The summed E-state index contributed by atoms with van der Waals surface area (Å²) in [6, 6.07) is 20.5. The Morgan fingerprint density at radius 2 is 1.71 bits per heavy atom. The van der Waals surface area contributed by atoms with Crippen molar-refractivity contribution in [3.8, 4) is 11.3 Å². The average Bonchev–Trinajstić information content (AvgIpc) is 2.78. The summed E-state index contributed by atoms with van der Waals surface area (Å²) in [4.78, 5) is 25.2. The third-order valence-electron chi connectivity index (χ3n) is 4.76. The van der Waals surface area contributed by atoms with E-state index in [0.29, 0.717) is 22.0 Å². The van der Waals surface area contributed by atoms with Gasteiger partial charge in [0.15, 0.2) is 0 Å². The van der Waals surface area contributed by atoms with Gasteiger partial charge in [0.25, 0.3) is 11.5 Å². The summed E-state index contributed by atoms with van der Waals surface area (Å²) in [5, 5.41) is 9.38. The van der Waals surface area contributed by atoms with Crippen LogP contribution in [0.1, 0.15) is 11.1 Å². The van der Waals surface area contributed by atoms with Crippen molar-refractivity contribution in [3.05, 3.63) is 100 Å². The molecule has 154 valence electrons. The van der Waals surface area contributed by atoms with E-state index >= 15 is 0 Å². The number of hydrazone groups is 1. The summed E-state index contributed by atoms with van der Waals surface area (Å²) in [5.41, 5.74) is 5.13. The SMILES string of the molecule is Cc1ccc(/C=N/NC(=O)Cn2nc(-c3ccc(F)cc3)c3ccccc3c2=O)cc1. The van der Waals surface area contributed by atoms with Crippen LogP contribution in [0.15, 0.2) is 82.7 Å². The molecule has 0 aliphatic carbocycles. The standard InChI is InChI=1S/C24H19FN4O2/c1-16-6-8-17(9-7-16)14-26-27-22(30)15-29-24(31)21-5-3-2-4-20(21)23(28-29)18-10-12-19(25)13-11-18/h2-14H,15H2,1H3,(H,27,30)/b26-14+. The summed E-state index contributed by atoms with van der Waals surface area (Å²) in [6.07, 6.45) is 1.53. The fourth-order valence-electron chi connectivity index (χ4n) is 3.17. The van der Waals surface area contributed by atoms with Crippen LogP contribution in [-0.2, 0) is 11.3 Å². The Labute approximate surface area is 177 Å². The minimum Gasteiger partial charge on any atom is -0.271 e. The summed E-state index contributed by atoms with van der Waals surface area (Å²) < 4.78 is 14.4. The van der Waals surface area contributed by atoms with Gasteiger partial charge >= 0.3 is 0 Å². The lowest BCUT2D eigenvalue weighted by Crippen LogP contribution is -2.32. The van der Waals surface area contributed by atoms with Crippen LogP contribution in [-0.4, -0.2) is 21.9 Å². The van der Waals surface area contributed by atoms with Crippen molar-refractivity contribution in [2.75, 3.05) is 0 Å². The van der Waals surface area contributed by atoms with Gasteiger partial charge in [-0.1, -0.05) is 48.0 Å². The fourth-order valence-corrected chi connectivity index (χ4v) is 3.17. The van der Waals surface area contributed by atoms with Crippen LogP contribution in [0.2, 0.25) is 0 Å². The first-order chi connectivity index (χ1) is 15.0. The number of carbonyl (C=O) groups excluding carboxylic acids is 1. The number of halogens is 1. The van der Waals surface area contributed by atoms with E-state index in [-0.39, 0.29) is 17.9 Å². The Hall–Kier alpha value is -4.13. The van der Waals surface area contributed by atoms with Crippen LogP contribution >= 0.6 is 0 Å². The molecule has 0 aliphatic heterocycles. The van der Waals surface area contributed by atoms with Crippen molar-refractivity contribution in [3.63, 3.8) is 0 Å².